The van der Waals surface area contributed by atoms with E-state index in [-0.39, 0.29) is 11.8 Å². The third-order valence-corrected chi connectivity index (χ3v) is 3.47. The van der Waals surface area contributed by atoms with Gasteiger partial charge in [0.25, 0.3) is 0 Å². The Morgan fingerprint density at radius 2 is 1.95 bits per heavy atom. The van der Waals surface area contributed by atoms with Crippen molar-refractivity contribution in [2.75, 3.05) is 5.32 Å². The molecule has 0 aliphatic heterocycles. The van der Waals surface area contributed by atoms with E-state index in [9.17, 15) is 13.9 Å². The minimum Gasteiger partial charge on any atom is -0.508 e. The summed E-state index contributed by atoms with van der Waals surface area (Å²) >= 11 is 0. The first-order valence-electron chi connectivity index (χ1n) is 6.17. The van der Waals surface area contributed by atoms with Crippen LogP contribution in [0.25, 0.3) is 0 Å². The summed E-state index contributed by atoms with van der Waals surface area (Å²) in [7, 11) is 0. The maximum Gasteiger partial charge on any atom is 0.149 e. The molecule has 1 aliphatic carbocycles. The van der Waals surface area contributed by atoms with Crippen LogP contribution in [0.15, 0.2) is 36.4 Å². The number of fused-ring (bicyclic) bond motifs is 1. The first-order chi connectivity index (χ1) is 9.13. The van der Waals surface area contributed by atoms with E-state index in [2.05, 4.69) is 5.32 Å². The molecule has 98 valence electrons. The lowest BCUT2D eigenvalue weighted by Crippen LogP contribution is -2.08. The minimum atomic E-state index is -0.591. The molecule has 0 saturated heterocycles. The molecular formula is C15H13F2NO. The van der Waals surface area contributed by atoms with Crippen molar-refractivity contribution in [2.45, 2.75) is 18.9 Å². The summed E-state index contributed by atoms with van der Waals surface area (Å²) in [6.07, 6.45) is 1.67. The quantitative estimate of drug-likeness (QED) is 0.862. The largest absolute Gasteiger partial charge is 0.508 e. The summed E-state index contributed by atoms with van der Waals surface area (Å²) in [6.45, 7) is 0. The average Bonchev–Trinajstić information content (AvgIpc) is 2.75. The third-order valence-electron chi connectivity index (χ3n) is 3.47. The van der Waals surface area contributed by atoms with Crippen LogP contribution >= 0.6 is 0 Å². The van der Waals surface area contributed by atoms with Crippen LogP contribution < -0.4 is 5.32 Å². The number of aryl methyl sites for hydroxylation is 1. The normalized spacial score (nSPS) is 17.3. The number of phenolic OH excluding ortho intramolecular Hbond substituents is 1. The molecule has 4 heteroatoms. The molecule has 1 atom stereocenters. The lowest BCUT2D eigenvalue weighted by Gasteiger charge is -2.16. The van der Waals surface area contributed by atoms with Crippen molar-refractivity contribution >= 4 is 5.69 Å². The molecule has 1 aliphatic rings. The summed E-state index contributed by atoms with van der Waals surface area (Å²) < 4.78 is 26.5. The van der Waals surface area contributed by atoms with Crippen LogP contribution in [0.2, 0.25) is 0 Å². The van der Waals surface area contributed by atoms with Crippen LogP contribution in [0.3, 0.4) is 0 Å². The zero-order chi connectivity index (χ0) is 13.4. The maximum atomic E-state index is 13.6. The van der Waals surface area contributed by atoms with Gasteiger partial charge in [-0.2, -0.15) is 0 Å². The van der Waals surface area contributed by atoms with E-state index in [1.54, 1.807) is 12.1 Å². The molecule has 0 heterocycles. The Morgan fingerprint density at radius 1 is 1.11 bits per heavy atom. The topological polar surface area (TPSA) is 32.3 Å². The van der Waals surface area contributed by atoms with Crippen LogP contribution in [0.1, 0.15) is 23.6 Å². The molecule has 1 unspecified atom stereocenters. The van der Waals surface area contributed by atoms with E-state index in [0.717, 1.165) is 30.0 Å². The number of anilines is 1. The van der Waals surface area contributed by atoms with Gasteiger partial charge in [0.15, 0.2) is 0 Å². The SMILES string of the molecule is Oc1ccc2c(c1)CCC2Nc1ccc(F)cc1F. The number of halogens is 2. The fourth-order valence-corrected chi connectivity index (χ4v) is 2.55. The van der Waals surface area contributed by atoms with Gasteiger partial charge < -0.3 is 10.4 Å². The van der Waals surface area contributed by atoms with Gasteiger partial charge in [-0.25, -0.2) is 8.78 Å². The van der Waals surface area contributed by atoms with Crippen molar-refractivity contribution in [3.05, 3.63) is 59.2 Å². The Hall–Kier alpha value is -2.10. The highest BCUT2D eigenvalue weighted by Gasteiger charge is 2.23. The number of phenols is 1. The van der Waals surface area contributed by atoms with E-state index in [0.29, 0.717) is 5.69 Å². The monoisotopic (exact) mass is 261 g/mol. The zero-order valence-electron chi connectivity index (χ0n) is 10.2. The van der Waals surface area contributed by atoms with Gasteiger partial charge in [0, 0.05) is 6.07 Å². The van der Waals surface area contributed by atoms with E-state index in [1.807, 2.05) is 6.07 Å². The van der Waals surface area contributed by atoms with Gasteiger partial charge >= 0.3 is 0 Å². The first-order valence-corrected chi connectivity index (χ1v) is 6.17. The first kappa shape index (κ1) is 12.0. The summed E-state index contributed by atoms with van der Waals surface area (Å²) in [5.74, 6) is -0.931. The standard InChI is InChI=1S/C15H13F2NO/c16-10-2-6-15(13(17)8-10)18-14-5-1-9-7-11(19)3-4-12(9)14/h2-4,6-8,14,18-19H,1,5H2. The van der Waals surface area contributed by atoms with Gasteiger partial charge in [-0.15, -0.1) is 0 Å². The number of hydrogen-bond donors (Lipinski definition) is 2. The molecule has 2 aromatic rings. The molecular weight excluding hydrogens is 248 g/mol. The fraction of sp³-hybridized carbons (Fsp3) is 0.200. The zero-order valence-corrected chi connectivity index (χ0v) is 10.2. The summed E-state index contributed by atoms with van der Waals surface area (Å²) in [6, 6.07) is 8.71. The second kappa shape index (κ2) is 4.53. The van der Waals surface area contributed by atoms with Crippen molar-refractivity contribution < 1.29 is 13.9 Å². The van der Waals surface area contributed by atoms with Crippen LogP contribution in [-0.2, 0) is 6.42 Å². The molecule has 3 rings (SSSR count). The number of hydrogen-bond acceptors (Lipinski definition) is 2. The van der Waals surface area contributed by atoms with Gasteiger partial charge in [-0.05, 0) is 48.2 Å². The third kappa shape index (κ3) is 2.26. The molecule has 0 aromatic heterocycles. The highest BCUT2D eigenvalue weighted by Crippen LogP contribution is 2.36. The summed E-state index contributed by atoms with van der Waals surface area (Å²) in [5, 5.41) is 12.5. The molecule has 0 fully saturated rings. The predicted molar refractivity (Wildman–Crippen MR) is 69.1 cm³/mol. The molecule has 19 heavy (non-hydrogen) atoms. The van der Waals surface area contributed by atoms with Crippen molar-refractivity contribution in [1.82, 2.24) is 0 Å². The van der Waals surface area contributed by atoms with E-state index in [1.165, 1.54) is 12.1 Å². The predicted octanol–water partition coefficient (Wildman–Crippen LogP) is 3.77. The fourth-order valence-electron chi connectivity index (χ4n) is 2.55. The van der Waals surface area contributed by atoms with Gasteiger partial charge in [-0.3, -0.25) is 0 Å². The molecule has 2 nitrogen and oxygen atoms in total. The van der Waals surface area contributed by atoms with Gasteiger partial charge in [0.05, 0.1) is 11.7 Å². The summed E-state index contributed by atoms with van der Waals surface area (Å²) in [4.78, 5) is 0. The average molecular weight is 261 g/mol. The van der Waals surface area contributed by atoms with Crippen LogP contribution in [0.4, 0.5) is 14.5 Å². The Morgan fingerprint density at radius 3 is 2.74 bits per heavy atom. The highest BCUT2D eigenvalue weighted by molar-refractivity contribution is 5.50. The molecule has 0 saturated carbocycles. The molecule has 0 radical (unpaired) electrons. The summed E-state index contributed by atoms with van der Waals surface area (Å²) in [5.41, 5.74) is 2.42. The molecule has 0 bridgehead atoms. The highest BCUT2D eigenvalue weighted by atomic mass is 19.1. The molecule has 2 N–H and O–H groups in total. The second-order valence-corrected chi connectivity index (χ2v) is 4.74. The van der Waals surface area contributed by atoms with Crippen LogP contribution in [0.5, 0.6) is 5.75 Å². The maximum absolute atomic E-state index is 13.6. The van der Waals surface area contributed by atoms with E-state index < -0.39 is 11.6 Å². The molecule has 0 amide bonds. The lowest BCUT2D eigenvalue weighted by atomic mass is 10.1. The van der Waals surface area contributed by atoms with Crippen LogP contribution in [0, 0.1) is 11.6 Å². The van der Waals surface area contributed by atoms with Crippen molar-refractivity contribution in [1.29, 1.82) is 0 Å². The van der Waals surface area contributed by atoms with Crippen molar-refractivity contribution in [3.63, 3.8) is 0 Å². The Bertz CT molecular complexity index is 628. The number of nitrogens with one attached hydrogen (secondary N) is 1. The van der Waals surface area contributed by atoms with E-state index >= 15 is 0 Å². The van der Waals surface area contributed by atoms with E-state index in [4.69, 9.17) is 0 Å². The Labute approximate surface area is 109 Å². The number of rotatable bonds is 2. The van der Waals surface area contributed by atoms with Gasteiger partial charge in [0.2, 0.25) is 0 Å². The van der Waals surface area contributed by atoms with Crippen molar-refractivity contribution in [3.8, 4) is 5.75 Å². The van der Waals surface area contributed by atoms with Gasteiger partial charge in [-0.1, -0.05) is 6.07 Å². The minimum absolute atomic E-state index is 0.00411. The Kier molecular flexibility index (Phi) is 2.85. The van der Waals surface area contributed by atoms with Gasteiger partial charge in [0.1, 0.15) is 17.4 Å². The molecule has 2 aromatic carbocycles. The molecule has 0 spiro atoms. The number of aromatic hydroxyl groups is 1. The second-order valence-electron chi connectivity index (χ2n) is 4.74. The smallest absolute Gasteiger partial charge is 0.149 e. The Balaban J connectivity index is 1.86. The van der Waals surface area contributed by atoms with Crippen molar-refractivity contribution in [2.24, 2.45) is 0 Å². The van der Waals surface area contributed by atoms with Crippen LogP contribution in [-0.4, -0.2) is 5.11 Å². The lowest BCUT2D eigenvalue weighted by molar-refractivity contribution is 0.474. The number of benzene rings is 2.